The van der Waals surface area contributed by atoms with Crippen LogP contribution in [0.5, 0.6) is 0 Å². The maximum absolute atomic E-state index is 14.0. The van der Waals surface area contributed by atoms with Crippen LogP contribution in [0, 0.1) is 0 Å². The summed E-state index contributed by atoms with van der Waals surface area (Å²) in [5.74, 6) is 0.918. The number of nitrogens with zero attached hydrogens (tertiary/aromatic N) is 3. The molecule has 7 aromatic rings. The molecule has 4 nitrogen and oxygen atoms in total. The van der Waals surface area contributed by atoms with Crippen molar-refractivity contribution in [2.75, 3.05) is 0 Å². The van der Waals surface area contributed by atoms with E-state index < -0.39 is 0 Å². The van der Waals surface area contributed by atoms with E-state index in [1.54, 1.807) is 4.57 Å². The highest BCUT2D eigenvalue weighted by molar-refractivity contribution is 5.74. The van der Waals surface area contributed by atoms with Gasteiger partial charge in [-0.05, 0) is 57.6 Å². The van der Waals surface area contributed by atoms with Gasteiger partial charge in [0.1, 0.15) is 0 Å². The molecule has 1 aromatic heterocycles. The molecule has 0 saturated carbocycles. The first-order valence-corrected chi connectivity index (χ1v) is 14.2. The molecule has 0 aliphatic rings. The summed E-state index contributed by atoms with van der Waals surface area (Å²) >= 11 is 0. The van der Waals surface area contributed by atoms with Gasteiger partial charge in [-0.2, -0.15) is 4.98 Å². The molecule has 6 aromatic carbocycles. The zero-order valence-corrected chi connectivity index (χ0v) is 23.3. The van der Waals surface area contributed by atoms with E-state index in [-0.39, 0.29) is 5.69 Å². The smallest absolute Gasteiger partial charge is 0.245 e. The van der Waals surface area contributed by atoms with Gasteiger partial charge in [0.25, 0.3) is 0 Å². The highest BCUT2D eigenvalue weighted by Crippen LogP contribution is 2.30. The van der Waals surface area contributed by atoms with Gasteiger partial charge < -0.3 is 0 Å². The maximum Gasteiger partial charge on any atom is 0.355 e. The van der Waals surface area contributed by atoms with Gasteiger partial charge >= 0.3 is 5.69 Å². The Bertz CT molecular complexity index is 2090. The van der Waals surface area contributed by atoms with E-state index in [0.29, 0.717) is 17.3 Å². The minimum Gasteiger partial charge on any atom is -0.245 e. The van der Waals surface area contributed by atoms with Crippen LogP contribution in [0.4, 0.5) is 0 Å². The third-order valence-electron chi connectivity index (χ3n) is 7.48. The highest BCUT2D eigenvalue weighted by Gasteiger charge is 2.17. The second-order valence-corrected chi connectivity index (χ2v) is 10.3. The van der Waals surface area contributed by atoms with Crippen molar-refractivity contribution >= 4 is 0 Å². The molecule has 0 spiro atoms. The molecular formula is C39H27N3O. The molecule has 0 saturated heterocycles. The summed E-state index contributed by atoms with van der Waals surface area (Å²) in [5, 5.41) is 0. The molecule has 0 amide bonds. The summed E-state index contributed by atoms with van der Waals surface area (Å²) in [5.41, 5.74) is 8.26. The molecule has 4 heteroatoms. The van der Waals surface area contributed by atoms with Gasteiger partial charge in [0.15, 0.2) is 11.6 Å². The molecule has 0 bridgehead atoms. The quantitative estimate of drug-likeness (QED) is 0.206. The zero-order valence-electron chi connectivity index (χ0n) is 23.3. The van der Waals surface area contributed by atoms with Crippen molar-refractivity contribution in [3.63, 3.8) is 0 Å². The van der Waals surface area contributed by atoms with Crippen LogP contribution in [0.3, 0.4) is 0 Å². The number of benzene rings is 6. The van der Waals surface area contributed by atoms with E-state index in [4.69, 9.17) is 4.98 Å². The van der Waals surface area contributed by atoms with Crippen LogP contribution in [-0.2, 0) is 0 Å². The Morgan fingerprint density at radius 2 is 0.791 bits per heavy atom. The fraction of sp³-hybridized carbons (Fsp3) is 0. The van der Waals surface area contributed by atoms with Crippen molar-refractivity contribution in [3.05, 3.63) is 174 Å². The van der Waals surface area contributed by atoms with Gasteiger partial charge in [0.05, 0.1) is 5.69 Å². The van der Waals surface area contributed by atoms with Crippen molar-refractivity contribution in [1.82, 2.24) is 14.5 Å². The Morgan fingerprint density at radius 3 is 1.35 bits per heavy atom. The molecule has 0 aliphatic carbocycles. The third kappa shape index (κ3) is 5.42. The summed E-state index contributed by atoms with van der Waals surface area (Å²) < 4.78 is 1.61. The summed E-state index contributed by atoms with van der Waals surface area (Å²) in [6.45, 7) is 0. The summed E-state index contributed by atoms with van der Waals surface area (Å²) in [4.78, 5) is 23.6. The Kier molecular flexibility index (Phi) is 7.00. The lowest BCUT2D eigenvalue weighted by molar-refractivity contribution is 0.877. The summed E-state index contributed by atoms with van der Waals surface area (Å²) in [7, 11) is 0. The van der Waals surface area contributed by atoms with Crippen molar-refractivity contribution in [2.24, 2.45) is 0 Å². The summed E-state index contributed by atoms with van der Waals surface area (Å²) in [6.07, 6.45) is 0. The normalized spacial score (nSPS) is 10.9. The lowest BCUT2D eigenvalue weighted by atomic mass is 10.0. The molecule has 7 rings (SSSR count). The monoisotopic (exact) mass is 553 g/mol. The first-order chi connectivity index (χ1) is 21.2. The Morgan fingerprint density at radius 1 is 0.372 bits per heavy atom. The Labute approximate surface area is 250 Å². The van der Waals surface area contributed by atoms with E-state index in [1.807, 2.05) is 109 Å². The van der Waals surface area contributed by atoms with Crippen molar-refractivity contribution in [3.8, 4) is 61.8 Å². The maximum atomic E-state index is 14.0. The molecule has 0 unspecified atom stereocenters. The van der Waals surface area contributed by atoms with Crippen LogP contribution in [0.15, 0.2) is 169 Å². The molecular weight excluding hydrogens is 526 g/mol. The fourth-order valence-corrected chi connectivity index (χ4v) is 5.35. The van der Waals surface area contributed by atoms with Gasteiger partial charge in [-0.1, -0.05) is 140 Å². The standard InChI is InChI=1S/C39H27N3O/c43-39-41-37(34-22-10-19-31(25-34)28-13-4-1-5-14-28)40-38(35-23-11-20-32(26-35)29-15-6-2-7-16-29)42(39)36-24-12-21-33(27-36)30-17-8-3-9-18-30/h1-27H. The lowest BCUT2D eigenvalue weighted by Crippen LogP contribution is -2.25. The van der Waals surface area contributed by atoms with Gasteiger partial charge in [0, 0.05) is 11.1 Å². The summed E-state index contributed by atoms with van der Waals surface area (Å²) in [6, 6.07) is 54.6. The second-order valence-electron chi connectivity index (χ2n) is 10.3. The minimum absolute atomic E-state index is 0.387. The first kappa shape index (κ1) is 26.1. The van der Waals surface area contributed by atoms with Crippen LogP contribution < -0.4 is 5.69 Å². The lowest BCUT2D eigenvalue weighted by Gasteiger charge is -2.15. The van der Waals surface area contributed by atoms with E-state index in [1.165, 1.54) is 0 Å². The van der Waals surface area contributed by atoms with E-state index in [2.05, 4.69) is 59.6 Å². The van der Waals surface area contributed by atoms with Crippen LogP contribution >= 0.6 is 0 Å². The second kappa shape index (κ2) is 11.6. The van der Waals surface area contributed by atoms with E-state index in [9.17, 15) is 4.79 Å². The predicted octanol–water partition coefficient (Wildman–Crippen LogP) is 8.96. The SMILES string of the molecule is O=c1nc(-c2cccc(-c3ccccc3)c2)nc(-c2cccc(-c3ccccc3)c2)n1-c1cccc(-c2ccccc2)c1. The fourth-order valence-electron chi connectivity index (χ4n) is 5.35. The number of aromatic nitrogens is 3. The number of hydrogen-bond acceptors (Lipinski definition) is 3. The Balaban J connectivity index is 1.42. The number of rotatable bonds is 6. The zero-order chi connectivity index (χ0) is 29.0. The molecule has 0 radical (unpaired) electrons. The highest BCUT2D eigenvalue weighted by atomic mass is 16.1. The topological polar surface area (TPSA) is 47.8 Å². The van der Waals surface area contributed by atoms with Crippen molar-refractivity contribution in [2.45, 2.75) is 0 Å². The predicted molar refractivity (Wildman–Crippen MR) is 175 cm³/mol. The molecule has 43 heavy (non-hydrogen) atoms. The molecule has 0 aliphatic heterocycles. The third-order valence-corrected chi connectivity index (χ3v) is 7.48. The van der Waals surface area contributed by atoms with Gasteiger partial charge in [-0.15, -0.1) is 0 Å². The van der Waals surface area contributed by atoms with Crippen LogP contribution in [-0.4, -0.2) is 14.5 Å². The molecule has 204 valence electrons. The molecule has 0 fully saturated rings. The van der Waals surface area contributed by atoms with Crippen LogP contribution in [0.2, 0.25) is 0 Å². The van der Waals surface area contributed by atoms with Crippen LogP contribution in [0.1, 0.15) is 0 Å². The minimum atomic E-state index is -0.388. The number of hydrogen-bond donors (Lipinski definition) is 0. The first-order valence-electron chi connectivity index (χ1n) is 14.2. The molecule has 0 N–H and O–H groups in total. The largest absolute Gasteiger partial charge is 0.355 e. The van der Waals surface area contributed by atoms with Gasteiger partial charge in [0.2, 0.25) is 0 Å². The Hall–Kier alpha value is -5.87. The van der Waals surface area contributed by atoms with Crippen molar-refractivity contribution in [1.29, 1.82) is 0 Å². The van der Waals surface area contributed by atoms with Gasteiger partial charge in [-0.25, -0.2) is 14.3 Å². The van der Waals surface area contributed by atoms with Crippen molar-refractivity contribution < 1.29 is 0 Å². The average molecular weight is 554 g/mol. The van der Waals surface area contributed by atoms with Gasteiger partial charge in [-0.3, -0.25) is 0 Å². The van der Waals surface area contributed by atoms with Crippen LogP contribution in [0.25, 0.3) is 61.8 Å². The van der Waals surface area contributed by atoms with E-state index in [0.717, 1.165) is 44.5 Å². The molecule has 0 atom stereocenters. The average Bonchev–Trinajstić information content (AvgIpc) is 3.09. The van der Waals surface area contributed by atoms with E-state index >= 15 is 0 Å². The molecule has 1 heterocycles.